The molecule has 70 valence electrons. The van der Waals surface area contributed by atoms with E-state index in [2.05, 4.69) is 4.99 Å². The topological polar surface area (TPSA) is 56.8 Å². The average molecular weight is 172 g/mol. The zero-order chi connectivity index (χ0) is 8.97. The molecule has 1 fully saturated rings. The van der Waals surface area contributed by atoms with Gasteiger partial charge in [0.15, 0.2) is 0 Å². The van der Waals surface area contributed by atoms with Crippen LogP contribution in [0.4, 0.5) is 0 Å². The minimum atomic E-state index is -0.138. The smallest absolute Gasteiger partial charge is 0.137 e. The van der Waals surface area contributed by atoms with Gasteiger partial charge in [-0.25, -0.2) is 0 Å². The summed E-state index contributed by atoms with van der Waals surface area (Å²) in [6.07, 6.45) is -0.138. The molecular weight excluding hydrogens is 156 g/mol. The molecule has 1 unspecified atom stereocenters. The van der Waals surface area contributed by atoms with Crippen molar-refractivity contribution in [1.82, 2.24) is 0 Å². The molecular formula is C8H16N2O2. The molecule has 0 saturated carbocycles. The Morgan fingerprint density at radius 3 is 2.75 bits per heavy atom. The van der Waals surface area contributed by atoms with Gasteiger partial charge >= 0.3 is 0 Å². The first-order valence-electron chi connectivity index (χ1n) is 4.22. The molecule has 1 saturated heterocycles. The quantitative estimate of drug-likeness (QED) is 0.477. The number of hydrogen-bond acceptors (Lipinski definition) is 3. The minimum absolute atomic E-state index is 0.138. The van der Waals surface area contributed by atoms with E-state index >= 15 is 0 Å². The highest BCUT2D eigenvalue weighted by Crippen LogP contribution is 2.01. The van der Waals surface area contributed by atoms with E-state index in [-0.39, 0.29) is 12.1 Å². The van der Waals surface area contributed by atoms with Gasteiger partial charge in [0.2, 0.25) is 0 Å². The molecule has 0 aromatic rings. The highest BCUT2D eigenvalue weighted by atomic mass is 16.6. The van der Waals surface area contributed by atoms with Gasteiger partial charge in [-0.15, -0.1) is 0 Å². The molecule has 0 aliphatic carbocycles. The second-order valence-electron chi connectivity index (χ2n) is 3.08. The molecule has 1 aliphatic heterocycles. The lowest BCUT2D eigenvalue weighted by molar-refractivity contribution is -0.0599. The fraction of sp³-hybridized carbons (Fsp3) is 0.875. The number of nitrogens with two attached hydrogens (primary N) is 1. The maximum absolute atomic E-state index is 5.69. The first kappa shape index (κ1) is 9.48. The van der Waals surface area contributed by atoms with Crippen molar-refractivity contribution >= 4 is 5.84 Å². The maximum Gasteiger partial charge on any atom is 0.137 e. The number of amidine groups is 1. The van der Waals surface area contributed by atoms with Crippen molar-refractivity contribution < 1.29 is 9.47 Å². The van der Waals surface area contributed by atoms with Crippen molar-refractivity contribution in [2.45, 2.75) is 26.0 Å². The minimum Gasteiger partial charge on any atom is -0.385 e. The summed E-state index contributed by atoms with van der Waals surface area (Å²) in [5.41, 5.74) is 5.69. The Balaban J connectivity index is 2.44. The Kier molecular flexibility index (Phi) is 3.49. The van der Waals surface area contributed by atoms with Gasteiger partial charge in [0, 0.05) is 6.04 Å². The Labute approximate surface area is 72.8 Å². The van der Waals surface area contributed by atoms with Crippen LogP contribution < -0.4 is 5.73 Å². The number of nitrogens with zero attached hydrogens (tertiary/aromatic N) is 1. The van der Waals surface area contributed by atoms with Crippen LogP contribution >= 0.6 is 0 Å². The lowest BCUT2D eigenvalue weighted by Gasteiger charge is -2.22. The highest BCUT2D eigenvalue weighted by Gasteiger charge is 2.17. The third-order valence-corrected chi connectivity index (χ3v) is 1.55. The summed E-state index contributed by atoms with van der Waals surface area (Å²) in [6.45, 7) is 5.76. The van der Waals surface area contributed by atoms with Crippen LogP contribution in [0.25, 0.3) is 0 Å². The molecule has 1 atom stereocenters. The summed E-state index contributed by atoms with van der Waals surface area (Å²) in [4.78, 5) is 4.19. The Hall–Kier alpha value is -0.610. The monoisotopic (exact) mass is 172 g/mol. The molecule has 1 rings (SSSR count). The fourth-order valence-corrected chi connectivity index (χ4v) is 1.04. The van der Waals surface area contributed by atoms with E-state index in [0.717, 1.165) is 0 Å². The van der Waals surface area contributed by atoms with E-state index in [9.17, 15) is 0 Å². The Morgan fingerprint density at radius 2 is 2.25 bits per heavy atom. The summed E-state index contributed by atoms with van der Waals surface area (Å²) in [5.74, 6) is 0.546. The molecule has 4 nitrogen and oxygen atoms in total. The Morgan fingerprint density at radius 1 is 1.50 bits per heavy atom. The van der Waals surface area contributed by atoms with Crippen LogP contribution in [-0.4, -0.2) is 37.8 Å². The third-order valence-electron chi connectivity index (χ3n) is 1.55. The maximum atomic E-state index is 5.69. The van der Waals surface area contributed by atoms with Gasteiger partial charge in [-0.1, -0.05) is 0 Å². The number of aliphatic imine (C=N–C) groups is 1. The Bertz CT molecular complexity index is 162. The van der Waals surface area contributed by atoms with Crippen LogP contribution in [0.3, 0.4) is 0 Å². The van der Waals surface area contributed by atoms with E-state index in [4.69, 9.17) is 15.2 Å². The van der Waals surface area contributed by atoms with Gasteiger partial charge < -0.3 is 15.2 Å². The van der Waals surface area contributed by atoms with E-state index < -0.39 is 0 Å². The predicted molar refractivity (Wildman–Crippen MR) is 47.3 cm³/mol. The SMILES string of the molecule is CC(C)N=C(N)C1COCCO1. The summed E-state index contributed by atoms with van der Waals surface area (Å²) < 4.78 is 10.6. The molecule has 4 heteroatoms. The van der Waals surface area contributed by atoms with Gasteiger partial charge in [0.1, 0.15) is 11.9 Å². The van der Waals surface area contributed by atoms with Crippen molar-refractivity contribution in [3.05, 3.63) is 0 Å². The molecule has 1 aliphatic rings. The summed E-state index contributed by atoms with van der Waals surface area (Å²) in [7, 11) is 0. The molecule has 12 heavy (non-hydrogen) atoms. The van der Waals surface area contributed by atoms with Gasteiger partial charge in [-0.05, 0) is 13.8 Å². The first-order valence-corrected chi connectivity index (χ1v) is 4.22. The third kappa shape index (κ3) is 2.79. The van der Waals surface area contributed by atoms with Crippen molar-refractivity contribution in [2.75, 3.05) is 19.8 Å². The van der Waals surface area contributed by atoms with Crippen LogP contribution in [0.15, 0.2) is 4.99 Å². The second-order valence-corrected chi connectivity index (χ2v) is 3.08. The molecule has 0 amide bonds. The van der Waals surface area contributed by atoms with Gasteiger partial charge in [-0.3, -0.25) is 4.99 Å². The van der Waals surface area contributed by atoms with Gasteiger partial charge in [-0.2, -0.15) is 0 Å². The number of ether oxygens (including phenoxy) is 2. The summed E-state index contributed by atoms with van der Waals surface area (Å²) in [5, 5.41) is 0. The number of hydrogen-bond donors (Lipinski definition) is 1. The van der Waals surface area contributed by atoms with Crippen molar-refractivity contribution in [3.63, 3.8) is 0 Å². The van der Waals surface area contributed by atoms with Gasteiger partial charge in [0.25, 0.3) is 0 Å². The molecule has 2 N–H and O–H groups in total. The van der Waals surface area contributed by atoms with E-state index in [0.29, 0.717) is 25.7 Å². The molecule has 0 aromatic heterocycles. The van der Waals surface area contributed by atoms with E-state index in [1.165, 1.54) is 0 Å². The van der Waals surface area contributed by atoms with Crippen LogP contribution in [0.5, 0.6) is 0 Å². The lowest BCUT2D eigenvalue weighted by Crippen LogP contribution is -2.40. The summed E-state index contributed by atoms with van der Waals surface area (Å²) in [6, 6.07) is 0.218. The molecule has 0 spiro atoms. The zero-order valence-electron chi connectivity index (χ0n) is 7.62. The lowest BCUT2D eigenvalue weighted by atomic mass is 10.3. The van der Waals surface area contributed by atoms with E-state index in [1.807, 2.05) is 13.8 Å². The normalized spacial score (nSPS) is 26.2. The largest absolute Gasteiger partial charge is 0.385 e. The predicted octanol–water partition coefficient (Wildman–Crippen LogP) is 0.167. The second kappa shape index (κ2) is 4.42. The molecule has 1 heterocycles. The molecule has 0 bridgehead atoms. The molecule has 0 radical (unpaired) electrons. The van der Waals surface area contributed by atoms with Gasteiger partial charge in [0.05, 0.1) is 19.8 Å². The highest BCUT2D eigenvalue weighted by molar-refractivity contribution is 5.85. The molecule has 0 aromatic carbocycles. The zero-order valence-corrected chi connectivity index (χ0v) is 7.62. The van der Waals surface area contributed by atoms with Crippen LogP contribution in [0.2, 0.25) is 0 Å². The van der Waals surface area contributed by atoms with Crippen molar-refractivity contribution in [3.8, 4) is 0 Å². The van der Waals surface area contributed by atoms with Crippen molar-refractivity contribution in [2.24, 2.45) is 10.7 Å². The van der Waals surface area contributed by atoms with E-state index in [1.54, 1.807) is 0 Å². The van der Waals surface area contributed by atoms with Crippen molar-refractivity contribution in [1.29, 1.82) is 0 Å². The fourth-order valence-electron chi connectivity index (χ4n) is 1.04. The first-order chi connectivity index (χ1) is 5.70. The van der Waals surface area contributed by atoms with Crippen LogP contribution in [0.1, 0.15) is 13.8 Å². The number of rotatable bonds is 2. The standard InChI is InChI=1S/C8H16N2O2/c1-6(2)10-8(9)7-5-11-3-4-12-7/h6-7H,3-5H2,1-2H3,(H2,9,10). The van der Waals surface area contributed by atoms with Crippen LogP contribution in [-0.2, 0) is 9.47 Å². The summed E-state index contributed by atoms with van der Waals surface area (Å²) >= 11 is 0. The van der Waals surface area contributed by atoms with Crippen LogP contribution in [0, 0.1) is 0 Å². The average Bonchev–Trinajstić information content (AvgIpc) is 2.05.